The molecule has 0 aliphatic heterocycles. The van der Waals surface area contributed by atoms with Gasteiger partial charge in [-0.15, -0.1) is 0 Å². The third kappa shape index (κ3) is 3.22. The third-order valence-corrected chi connectivity index (χ3v) is 6.25. The molecule has 0 saturated heterocycles. The number of hydrogen-bond donors (Lipinski definition) is 1. The van der Waals surface area contributed by atoms with Crippen molar-refractivity contribution in [1.29, 1.82) is 0 Å². The van der Waals surface area contributed by atoms with Crippen molar-refractivity contribution in [3.05, 3.63) is 71.1 Å². The zero-order valence-electron chi connectivity index (χ0n) is 14.8. The highest BCUT2D eigenvalue weighted by molar-refractivity contribution is 7.90. The van der Waals surface area contributed by atoms with Crippen molar-refractivity contribution in [2.75, 3.05) is 0 Å². The molecule has 0 saturated carbocycles. The second-order valence-electron chi connectivity index (χ2n) is 6.28. The first-order valence-corrected chi connectivity index (χ1v) is 10.0. The van der Waals surface area contributed by atoms with Crippen LogP contribution in [0.25, 0.3) is 22.3 Å². The maximum atomic E-state index is 13.8. The minimum absolute atomic E-state index is 0.0961. The summed E-state index contributed by atoms with van der Waals surface area (Å²) in [4.78, 5) is 7.41. The average Bonchev–Trinajstić information content (AvgIpc) is 3.04. The number of aryl methyl sites for hydroxylation is 1. The number of benzene rings is 2. The first kappa shape index (κ1) is 19.3. The van der Waals surface area contributed by atoms with Crippen molar-refractivity contribution in [3.63, 3.8) is 0 Å². The Morgan fingerprint density at radius 3 is 2.52 bits per heavy atom. The number of nitrogens with zero attached hydrogens (tertiary/aromatic N) is 3. The van der Waals surface area contributed by atoms with Gasteiger partial charge in [-0.25, -0.2) is 21.2 Å². The number of rotatable bonds is 3. The molecule has 4 rings (SSSR count). The van der Waals surface area contributed by atoms with Crippen LogP contribution in [-0.4, -0.2) is 27.5 Å². The standard InChI is InChI=1S/C19H12ClF2N3O3S/c1-10-8-24-15(9-23-10)17-5-11-4-12(20)2-3-16(11)25(17)29(27,28)18-7-13(21)6-14(22)19(18)26/h2-9,26H,1H3. The quantitative estimate of drug-likeness (QED) is 0.519. The van der Waals surface area contributed by atoms with Crippen molar-refractivity contribution >= 4 is 32.5 Å². The highest BCUT2D eigenvalue weighted by Gasteiger charge is 2.29. The normalized spacial score (nSPS) is 11.9. The molecule has 4 aromatic rings. The van der Waals surface area contributed by atoms with Crippen LogP contribution in [0.3, 0.4) is 0 Å². The van der Waals surface area contributed by atoms with Crippen LogP contribution in [0.1, 0.15) is 5.69 Å². The van der Waals surface area contributed by atoms with Crippen molar-refractivity contribution in [2.45, 2.75) is 11.8 Å². The second-order valence-corrected chi connectivity index (χ2v) is 8.47. The van der Waals surface area contributed by atoms with E-state index in [4.69, 9.17) is 11.6 Å². The van der Waals surface area contributed by atoms with E-state index < -0.39 is 32.3 Å². The molecule has 10 heteroatoms. The summed E-state index contributed by atoms with van der Waals surface area (Å²) >= 11 is 6.02. The van der Waals surface area contributed by atoms with E-state index in [0.717, 1.165) is 3.97 Å². The molecule has 29 heavy (non-hydrogen) atoms. The lowest BCUT2D eigenvalue weighted by Gasteiger charge is -2.13. The first-order chi connectivity index (χ1) is 13.7. The van der Waals surface area contributed by atoms with Crippen LogP contribution >= 0.6 is 11.6 Å². The summed E-state index contributed by atoms with van der Waals surface area (Å²) in [6.45, 7) is 1.72. The Bertz CT molecular complexity index is 1370. The predicted octanol–water partition coefficient (Wildman–Crippen LogP) is 4.28. The molecular formula is C19H12ClF2N3O3S. The monoisotopic (exact) mass is 435 g/mol. The SMILES string of the molecule is Cc1cnc(-c2cc3cc(Cl)ccc3n2S(=O)(=O)c2cc(F)cc(F)c2O)cn1. The molecule has 0 unspecified atom stereocenters. The lowest BCUT2D eigenvalue weighted by atomic mass is 10.2. The van der Waals surface area contributed by atoms with E-state index in [1.54, 1.807) is 13.0 Å². The summed E-state index contributed by atoms with van der Waals surface area (Å²) < 4.78 is 55.2. The van der Waals surface area contributed by atoms with Gasteiger partial charge in [-0.2, -0.15) is 0 Å². The molecule has 1 N–H and O–H groups in total. The molecule has 2 aromatic carbocycles. The number of hydrogen-bond acceptors (Lipinski definition) is 5. The summed E-state index contributed by atoms with van der Waals surface area (Å²) in [6, 6.07) is 6.94. The van der Waals surface area contributed by atoms with Crippen molar-refractivity contribution in [3.8, 4) is 17.1 Å². The Hall–Kier alpha value is -3.04. The van der Waals surface area contributed by atoms with Gasteiger partial charge in [0, 0.05) is 22.7 Å². The van der Waals surface area contributed by atoms with Crippen molar-refractivity contribution in [1.82, 2.24) is 13.9 Å². The van der Waals surface area contributed by atoms with E-state index in [0.29, 0.717) is 28.2 Å². The highest BCUT2D eigenvalue weighted by atomic mass is 35.5. The fourth-order valence-corrected chi connectivity index (χ4v) is 4.77. The third-order valence-electron chi connectivity index (χ3n) is 4.27. The lowest BCUT2D eigenvalue weighted by molar-refractivity contribution is 0.411. The number of phenolic OH excluding ortho intramolecular Hbond substituents is 1. The molecule has 0 radical (unpaired) electrons. The van der Waals surface area contributed by atoms with Gasteiger partial charge in [0.1, 0.15) is 16.4 Å². The fraction of sp³-hybridized carbons (Fsp3) is 0.0526. The maximum absolute atomic E-state index is 13.8. The number of aromatic hydroxyl groups is 1. The van der Waals surface area contributed by atoms with E-state index in [2.05, 4.69) is 9.97 Å². The van der Waals surface area contributed by atoms with Crippen LogP contribution in [0.15, 0.2) is 53.7 Å². The summed E-state index contributed by atoms with van der Waals surface area (Å²) in [5.41, 5.74) is 1.12. The van der Waals surface area contributed by atoms with E-state index >= 15 is 0 Å². The molecule has 2 aromatic heterocycles. The Labute approximate surface area is 169 Å². The smallest absolute Gasteiger partial charge is 0.272 e. The summed E-state index contributed by atoms with van der Waals surface area (Å²) in [7, 11) is -4.62. The van der Waals surface area contributed by atoms with Crippen LogP contribution in [0.4, 0.5) is 8.78 Å². The second kappa shape index (κ2) is 6.78. The van der Waals surface area contributed by atoms with Gasteiger partial charge >= 0.3 is 0 Å². The number of fused-ring (bicyclic) bond motifs is 1. The van der Waals surface area contributed by atoms with Gasteiger partial charge in [-0.05, 0) is 37.3 Å². The van der Waals surface area contributed by atoms with E-state index in [-0.39, 0.29) is 16.9 Å². The molecule has 0 bridgehead atoms. The molecule has 148 valence electrons. The zero-order chi connectivity index (χ0) is 20.9. The van der Waals surface area contributed by atoms with Crippen molar-refractivity contribution < 1.29 is 22.3 Å². The Kier molecular flexibility index (Phi) is 4.51. The fourth-order valence-electron chi connectivity index (χ4n) is 2.96. The van der Waals surface area contributed by atoms with Gasteiger partial charge in [0.05, 0.1) is 23.1 Å². The van der Waals surface area contributed by atoms with Crippen LogP contribution in [0.5, 0.6) is 5.75 Å². The van der Waals surface area contributed by atoms with Gasteiger partial charge in [0.15, 0.2) is 11.6 Å². The molecule has 0 aliphatic carbocycles. The minimum Gasteiger partial charge on any atom is -0.504 e. The molecule has 0 atom stereocenters. The first-order valence-electron chi connectivity index (χ1n) is 8.22. The Morgan fingerprint density at radius 1 is 1.07 bits per heavy atom. The van der Waals surface area contributed by atoms with Gasteiger partial charge < -0.3 is 5.11 Å². The van der Waals surface area contributed by atoms with E-state index in [9.17, 15) is 22.3 Å². The van der Waals surface area contributed by atoms with E-state index in [1.807, 2.05) is 0 Å². The topological polar surface area (TPSA) is 85.1 Å². The molecule has 0 fully saturated rings. The minimum atomic E-state index is -4.62. The molecule has 0 amide bonds. The van der Waals surface area contributed by atoms with Crippen LogP contribution in [0.2, 0.25) is 5.02 Å². The van der Waals surface area contributed by atoms with Gasteiger partial charge in [-0.3, -0.25) is 9.97 Å². The number of halogens is 3. The molecular weight excluding hydrogens is 424 g/mol. The van der Waals surface area contributed by atoms with Gasteiger partial charge in [-0.1, -0.05) is 11.6 Å². The highest BCUT2D eigenvalue weighted by Crippen LogP contribution is 2.36. The summed E-state index contributed by atoms with van der Waals surface area (Å²) in [6.07, 6.45) is 2.83. The predicted molar refractivity (Wildman–Crippen MR) is 103 cm³/mol. The van der Waals surface area contributed by atoms with Crippen LogP contribution in [0, 0.1) is 18.6 Å². The number of phenols is 1. The molecule has 0 spiro atoms. The van der Waals surface area contributed by atoms with E-state index in [1.165, 1.54) is 30.6 Å². The van der Waals surface area contributed by atoms with Gasteiger partial charge in [0.2, 0.25) is 0 Å². The zero-order valence-corrected chi connectivity index (χ0v) is 16.3. The molecule has 0 aliphatic rings. The lowest BCUT2D eigenvalue weighted by Crippen LogP contribution is -2.15. The molecule has 2 heterocycles. The summed E-state index contributed by atoms with van der Waals surface area (Å²) in [5, 5.41) is 10.8. The Balaban J connectivity index is 2.09. The van der Waals surface area contributed by atoms with Crippen LogP contribution < -0.4 is 0 Å². The van der Waals surface area contributed by atoms with Gasteiger partial charge in [0.25, 0.3) is 10.0 Å². The number of aromatic nitrogens is 3. The maximum Gasteiger partial charge on any atom is 0.272 e. The average molecular weight is 436 g/mol. The van der Waals surface area contributed by atoms with Crippen LogP contribution in [-0.2, 0) is 10.0 Å². The molecule has 6 nitrogen and oxygen atoms in total. The largest absolute Gasteiger partial charge is 0.504 e. The van der Waals surface area contributed by atoms with Crippen molar-refractivity contribution in [2.24, 2.45) is 0 Å². The Morgan fingerprint density at radius 2 is 1.83 bits per heavy atom. The summed E-state index contributed by atoms with van der Waals surface area (Å²) in [5.74, 6) is -3.71.